The molecule has 0 N–H and O–H groups in total. The molecule has 2 aromatic rings. The monoisotopic (exact) mass is 409 g/mol. The second-order valence-corrected chi connectivity index (χ2v) is 7.98. The molecule has 1 aromatic heterocycles. The Labute approximate surface area is 176 Å². The maximum Gasteiger partial charge on any atom is 0.253 e. The molecule has 0 aliphatic carbocycles. The van der Waals surface area contributed by atoms with E-state index in [2.05, 4.69) is 4.98 Å². The summed E-state index contributed by atoms with van der Waals surface area (Å²) in [6.45, 7) is 2.25. The summed E-state index contributed by atoms with van der Waals surface area (Å²) in [6, 6.07) is 9.16. The minimum Gasteiger partial charge on any atom is -0.493 e. The molecule has 1 spiro atoms. The van der Waals surface area contributed by atoms with Crippen molar-refractivity contribution in [1.82, 2.24) is 14.8 Å². The van der Waals surface area contributed by atoms with Gasteiger partial charge in [-0.25, -0.2) is 0 Å². The van der Waals surface area contributed by atoms with Gasteiger partial charge in [-0.3, -0.25) is 14.6 Å². The summed E-state index contributed by atoms with van der Waals surface area (Å²) in [5.41, 5.74) is 1.04. The zero-order valence-corrected chi connectivity index (χ0v) is 17.5. The number of benzene rings is 1. The number of methoxy groups -OCH3 is 2. The Morgan fingerprint density at radius 2 is 1.90 bits per heavy atom. The van der Waals surface area contributed by atoms with Crippen molar-refractivity contribution in [3.8, 4) is 11.5 Å². The zero-order chi connectivity index (χ0) is 21.1. The van der Waals surface area contributed by atoms with Crippen molar-refractivity contribution in [3.05, 3.63) is 53.9 Å². The van der Waals surface area contributed by atoms with Crippen LogP contribution in [0.4, 0.5) is 0 Å². The molecule has 2 aliphatic rings. The number of ether oxygens (including phenoxy) is 2. The summed E-state index contributed by atoms with van der Waals surface area (Å²) in [6.07, 6.45) is 5.68. The average Bonchev–Trinajstić information content (AvgIpc) is 3.21. The molecule has 4 rings (SSSR count). The van der Waals surface area contributed by atoms with Gasteiger partial charge in [-0.2, -0.15) is 0 Å². The van der Waals surface area contributed by atoms with Crippen LogP contribution < -0.4 is 9.47 Å². The Balaban J connectivity index is 1.51. The molecule has 2 saturated heterocycles. The number of hydrogen-bond donors (Lipinski definition) is 0. The van der Waals surface area contributed by atoms with Gasteiger partial charge in [0.15, 0.2) is 11.5 Å². The number of likely N-dealkylation sites (tertiary alicyclic amines) is 2. The van der Waals surface area contributed by atoms with Crippen molar-refractivity contribution in [2.45, 2.75) is 25.8 Å². The van der Waals surface area contributed by atoms with Crippen LogP contribution in [0.3, 0.4) is 0 Å². The van der Waals surface area contributed by atoms with Crippen molar-refractivity contribution >= 4 is 11.8 Å². The van der Waals surface area contributed by atoms with E-state index < -0.39 is 5.41 Å². The molecule has 3 heterocycles. The van der Waals surface area contributed by atoms with Crippen LogP contribution in [0.5, 0.6) is 11.5 Å². The van der Waals surface area contributed by atoms with Gasteiger partial charge in [-0.1, -0.05) is 12.1 Å². The highest BCUT2D eigenvalue weighted by atomic mass is 16.5. The standard InChI is InChI=1S/C23H27N3O4/c1-29-19-6-3-5-18(20(19)30-2)15-25-13-4-9-23(22(25)28)10-14-26(16-23)21(27)17-7-11-24-12-8-17/h3,5-8,11-12H,4,9-10,13-16H2,1-2H3/t23-/m1/s1. The van der Waals surface area contributed by atoms with Gasteiger partial charge < -0.3 is 19.3 Å². The molecular formula is C23H27N3O4. The number of aromatic nitrogens is 1. The number of carbonyl (C=O) groups excluding carboxylic acids is 2. The van der Waals surface area contributed by atoms with Gasteiger partial charge in [-0.05, 0) is 37.5 Å². The fraction of sp³-hybridized carbons (Fsp3) is 0.435. The first-order chi connectivity index (χ1) is 14.6. The average molecular weight is 409 g/mol. The molecule has 0 unspecified atom stereocenters. The zero-order valence-electron chi connectivity index (χ0n) is 17.5. The molecule has 2 fully saturated rings. The first-order valence-electron chi connectivity index (χ1n) is 10.3. The molecule has 0 saturated carbocycles. The molecule has 2 amide bonds. The van der Waals surface area contributed by atoms with Crippen molar-refractivity contribution < 1.29 is 19.1 Å². The van der Waals surface area contributed by atoms with E-state index >= 15 is 0 Å². The number of rotatable bonds is 5. The third-order valence-corrected chi connectivity index (χ3v) is 6.24. The number of hydrogen-bond acceptors (Lipinski definition) is 5. The van der Waals surface area contributed by atoms with Crippen LogP contribution in [-0.2, 0) is 11.3 Å². The summed E-state index contributed by atoms with van der Waals surface area (Å²) in [5.74, 6) is 1.41. The lowest BCUT2D eigenvalue weighted by Gasteiger charge is -2.39. The van der Waals surface area contributed by atoms with Gasteiger partial charge in [0.25, 0.3) is 5.91 Å². The second-order valence-electron chi connectivity index (χ2n) is 7.98. The van der Waals surface area contributed by atoms with E-state index in [9.17, 15) is 9.59 Å². The molecule has 0 bridgehead atoms. The van der Waals surface area contributed by atoms with Crippen molar-refractivity contribution in [2.24, 2.45) is 5.41 Å². The van der Waals surface area contributed by atoms with E-state index in [-0.39, 0.29) is 11.8 Å². The predicted molar refractivity (Wildman–Crippen MR) is 111 cm³/mol. The Morgan fingerprint density at radius 3 is 2.63 bits per heavy atom. The van der Waals surface area contributed by atoms with Crippen molar-refractivity contribution in [2.75, 3.05) is 33.9 Å². The molecule has 30 heavy (non-hydrogen) atoms. The van der Waals surface area contributed by atoms with Crippen LogP contribution in [0.25, 0.3) is 0 Å². The number of para-hydroxylation sites is 1. The van der Waals surface area contributed by atoms with Gasteiger partial charge in [0.1, 0.15) is 0 Å². The smallest absolute Gasteiger partial charge is 0.253 e. The van der Waals surface area contributed by atoms with Gasteiger partial charge in [0.05, 0.1) is 19.6 Å². The van der Waals surface area contributed by atoms with Gasteiger partial charge >= 0.3 is 0 Å². The number of pyridine rings is 1. The quantitative estimate of drug-likeness (QED) is 0.759. The first kappa shape index (κ1) is 20.2. The van der Waals surface area contributed by atoms with Crippen LogP contribution in [0.15, 0.2) is 42.7 Å². The summed E-state index contributed by atoms with van der Waals surface area (Å²) < 4.78 is 10.9. The van der Waals surface area contributed by atoms with E-state index in [4.69, 9.17) is 9.47 Å². The van der Waals surface area contributed by atoms with E-state index in [1.54, 1.807) is 38.7 Å². The Kier molecular flexibility index (Phi) is 5.61. The van der Waals surface area contributed by atoms with Crippen molar-refractivity contribution in [3.63, 3.8) is 0 Å². The number of nitrogens with zero attached hydrogens (tertiary/aromatic N) is 3. The van der Waals surface area contributed by atoms with Gasteiger partial charge in [-0.15, -0.1) is 0 Å². The summed E-state index contributed by atoms with van der Waals surface area (Å²) >= 11 is 0. The van der Waals surface area contributed by atoms with Crippen LogP contribution >= 0.6 is 0 Å². The normalized spacial score (nSPS) is 21.2. The number of amides is 2. The van der Waals surface area contributed by atoms with E-state index in [1.807, 2.05) is 28.0 Å². The van der Waals surface area contributed by atoms with Gasteiger partial charge in [0, 0.05) is 49.7 Å². The molecule has 7 nitrogen and oxygen atoms in total. The maximum absolute atomic E-state index is 13.5. The number of piperidine rings is 1. The highest BCUT2D eigenvalue weighted by Gasteiger charge is 2.49. The first-order valence-corrected chi connectivity index (χ1v) is 10.3. The topological polar surface area (TPSA) is 72.0 Å². The SMILES string of the molecule is COc1cccc(CN2CCC[C@]3(CCN(C(=O)c4ccncc4)C3)C2=O)c1OC. The maximum atomic E-state index is 13.5. The van der Waals surface area contributed by atoms with Crippen molar-refractivity contribution in [1.29, 1.82) is 0 Å². The van der Waals surface area contributed by atoms with Crippen LogP contribution in [0.1, 0.15) is 35.2 Å². The molecule has 0 radical (unpaired) electrons. The van der Waals surface area contributed by atoms with E-state index in [0.717, 1.165) is 18.4 Å². The highest BCUT2D eigenvalue weighted by Crippen LogP contribution is 2.41. The predicted octanol–water partition coefficient (Wildman–Crippen LogP) is 2.75. The lowest BCUT2D eigenvalue weighted by atomic mass is 9.78. The Hall–Kier alpha value is -3.09. The van der Waals surface area contributed by atoms with Gasteiger partial charge in [0.2, 0.25) is 5.91 Å². The third-order valence-electron chi connectivity index (χ3n) is 6.24. The fourth-order valence-corrected chi connectivity index (χ4v) is 4.69. The van der Waals surface area contributed by atoms with Crippen LogP contribution in [-0.4, -0.2) is 60.5 Å². The summed E-state index contributed by atoms with van der Waals surface area (Å²) in [7, 11) is 3.22. The third kappa shape index (κ3) is 3.60. The molecule has 7 heteroatoms. The van der Waals surface area contributed by atoms with E-state index in [0.29, 0.717) is 49.7 Å². The Morgan fingerprint density at radius 1 is 1.10 bits per heavy atom. The second kappa shape index (κ2) is 8.34. The number of carbonyl (C=O) groups is 2. The summed E-state index contributed by atoms with van der Waals surface area (Å²) in [5, 5.41) is 0. The minimum atomic E-state index is -0.493. The molecule has 2 aliphatic heterocycles. The lowest BCUT2D eigenvalue weighted by Crippen LogP contribution is -2.50. The van der Waals surface area contributed by atoms with Crippen LogP contribution in [0.2, 0.25) is 0 Å². The summed E-state index contributed by atoms with van der Waals surface area (Å²) in [4.78, 5) is 34.1. The molecule has 1 aromatic carbocycles. The largest absolute Gasteiger partial charge is 0.493 e. The Bertz CT molecular complexity index is 933. The fourth-order valence-electron chi connectivity index (χ4n) is 4.69. The highest BCUT2D eigenvalue weighted by molar-refractivity contribution is 5.95. The lowest BCUT2D eigenvalue weighted by molar-refractivity contribution is -0.146. The molecule has 1 atom stereocenters. The molecular weight excluding hydrogens is 382 g/mol. The molecule has 158 valence electrons. The minimum absolute atomic E-state index is 0.0336. The van der Waals surface area contributed by atoms with E-state index in [1.165, 1.54) is 0 Å². The van der Waals surface area contributed by atoms with Crippen LogP contribution in [0, 0.1) is 5.41 Å².